The van der Waals surface area contributed by atoms with Crippen molar-refractivity contribution in [3.8, 4) is 16.6 Å². The molecular weight excluding hydrogens is 594 g/mol. The highest BCUT2D eigenvalue weighted by Gasteiger charge is 2.62. The maximum absolute atomic E-state index is 13.8. The number of hydrogen-bond acceptors (Lipinski definition) is 10. The number of esters is 1. The molecule has 2 aromatic carbocycles. The maximum Gasteiger partial charge on any atom is 0.411 e. The van der Waals surface area contributed by atoms with E-state index in [1.807, 2.05) is 48.5 Å². The molecule has 0 spiro atoms. The molecular formula is C33H35N5O6S. The van der Waals surface area contributed by atoms with E-state index in [1.54, 1.807) is 33.8 Å². The molecule has 2 amide bonds. The van der Waals surface area contributed by atoms with Gasteiger partial charge in [0.15, 0.2) is 5.69 Å². The molecule has 0 bridgehead atoms. The Hall–Kier alpha value is -4.58. The molecule has 2 aromatic heterocycles. The number of fused-ring (bicyclic) bond motifs is 2. The SMILES string of the molecule is C=CC1CC1(NC(=O)C1CC(Oc2nc3ccccc3nc2-c2nc3ccccc3s2)CN1C(=O)OC(C)(C)C)C(=O)OCC. The minimum atomic E-state index is -1.21. The van der Waals surface area contributed by atoms with Crippen LogP contribution in [0, 0.1) is 5.92 Å². The minimum Gasteiger partial charge on any atom is -0.471 e. The summed E-state index contributed by atoms with van der Waals surface area (Å²) in [6.07, 6.45) is 0.844. The molecule has 4 unspecified atom stereocenters. The minimum absolute atomic E-state index is 0.0537. The number of rotatable bonds is 8. The predicted octanol–water partition coefficient (Wildman–Crippen LogP) is 5.29. The summed E-state index contributed by atoms with van der Waals surface area (Å²) in [7, 11) is 0. The van der Waals surface area contributed by atoms with E-state index in [4.69, 9.17) is 29.2 Å². The molecule has 2 aliphatic rings. The van der Waals surface area contributed by atoms with E-state index < -0.39 is 41.3 Å². The summed E-state index contributed by atoms with van der Waals surface area (Å²) in [6, 6.07) is 14.3. The van der Waals surface area contributed by atoms with Crippen LogP contribution in [0.3, 0.4) is 0 Å². The number of aromatic nitrogens is 3. The molecule has 1 aliphatic carbocycles. The topological polar surface area (TPSA) is 133 Å². The maximum atomic E-state index is 13.8. The average Bonchev–Trinajstić information content (AvgIpc) is 3.31. The molecule has 3 heterocycles. The van der Waals surface area contributed by atoms with Crippen molar-refractivity contribution >= 4 is 50.6 Å². The third kappa shape index (κ3) is 6.06. The van der Waals surface area contributed by atoms with Gasteiger partial charge in [0.05, 0.1) is 34.4 Å². The highest BCUT2D eigenvalue weighted by molar-refractivity contribution is 7.21. The highest BCUT2D eigenvalue weighted by Crippen LogP contribution is 2.46. The van der Waals surface area contributed by atoms with Crippen molar-refractivity contribution in [1.82, 2.24) is 25.2 Å². The zero-order valence-electron chi connectivity index (χ0n) is 25.6. The summed E-state index contributed by atoms with van der Waals surface area (Å²) in [5.74, 6) is -1.04. The van der Waals surface area contributed by atoms with Gasteiger partial charge in [-0.15, -0.1) is 17.9 Å². The fourth-order valence-electron chi connectivity index (χ4n) is 5.56. The van der Waals surface area contributed by atoms with Gasteiger partial charge in [-0.25, -0.2) is 24.5 Å². The molecule has 1 aliphatic heterocycles. The number of benzene rings is 2. The zero-order valence-corrected chi connectivity index (χ0v) is 26.4. The summed E-state index contributed by atoms with van der Waals surface area (Å²) < 4.78 is 18.4. The van der Waals surface area contributed by atoms with Crippen LogP contribution in [0.2, 0.25) is 0 Å². The number of amides is 2. The molecule has 4 aromatic rings. The first-order valence-corrected chi connectivity index (χ1v) is 15.7. The van der Waals surface area contributed by atoms with E-state index in [1.165, 1.54) is 16.2 Å². The van der Waals surface area contributed by atoms with Gasteiger partial charge in [-0.05, 0) is 58.4 Å². The van der Waals surface area contributed by atoms with E-state index in [9.17, 15) is 14.4 Å². The Labute approximate surface area is 264 Å². The summed E-state index contributed by atoms with van der Waals surface area (Å²) in [5.41, 5.74) is 0.618. The van der Waals surface area contributed by atoms with Gasteiger partial charge in [0.1, 0.15) is 28.3 Å². The molecule has 45 heavy (non-hydrogen) atoms. The number of carbonyl (C=O) groups is 3. The number of likely N-dealkylation sites (tertiary alicyclic amines) is 1. The van der Waals surface area contributed by atoms with Gasteiger partial charge in [0, 0.05) is 12.3 Å². The first kappa shape index (κ1) is 30.4. The van der Waals surface area contributed by atoms with Crippen LogP contribution in [0.15, 0.2) is 61.2 Å². The Balaban J connectivity index is 1.32. The summed E-state index contributed by atoms with van der Waals surface area (Å²) in [6.45, 7) is 11.0. The zero-order chi connectivity index (χ0) is 31.9. The summed E-state index contributed by atoms with van der Waals surface area (Å²) in [5, 5.41) is 3.52. The second kappa shape index (κ2) is 11.7. The predicted molar refractivity (Wildman–Crippen MR) is 170 cm³/mol. The lowest BCUT2D eigenvalue weighted by Crippen LogP contribution is -2.53. The molecule has 12 heteroatoms. The van der Waals surface area contributed by atoms with Gasteiger partial charge in [0.2, 0.25) is 11.8 Å². The van der Waals surface area contributed by atoms with Gasteiger partial charge in [-0.1, -0.05) is 30.3 Å². The van der Waals surface area contributed by atoms with Crippen molar-refractivity contribution in [2.45, 2.75) is 63.8 Å². The fraction of sp³-hybridized carbons (Fsp3) is 0.394. The lowest BCUT2D eigenvalue weighted by molar-refractivity contribution is -0.149. The smallest absolute Gasteiger partial charge is 0.411 e. The van der Waals surface area contributed by atoms with Crippen LogP contribution in [0.4, 0.5) is 4.79 Å². The normalized spacial score (nSPS) is 22.7. The van der Waals surface area contributed by atoms with E-state index in [2.05, 4.69) is 11.9 Å². The Morgan fingerprint density at radius 1 is 1.07 bits per heavy atom. The number of ether oxygens (including phenoxy) is 3. The number of nitrogens with zero attached hydrogens (tertiary/aromatic N) is 4. The van der Waals surface area contributed by atoms with Crippen molar-refractivity contribution in [3.63, 3.8) is 0 Å². The summed E-state index contributed by atoms with van der Waals surface area (Å²) in [4.78, 5) is 55.9. The van der Waals surface area contributed by atoms with Crippen LogP contribution in [-0.4, -0.2) is 74.3 Å². The number of nitrogens with one attached hydrogen (secondary N) is 1. The third-order valence-electron chi connectivity index (χ3n) is 7.79. The lowest BCUT2D eigenvalue weighted by atomic mass is 10.1. The molecule has 0 radical (unpaired) electrons. The van der Waals surface area contributed by atoms with Gasteiger partial charge in [-0.2, -0.15) is 0 Å². The largest absolute Gasteiger partial charge is 0.471 e. The molecule has 2 fully saturated rings. The van der Waals surface area contributed by atoms with Crippen molar-refractivity contribution in [2.75, 3.05) is 13.2 Å². The van der Waals surface area contributed by atoms with Crippen molar-refractivity contribution in [2.24, 2.45) is 5.92 Å². The van der Waals surface area contributed by atoms with Gasteiger partial charge < -0.3 is 19.5 Å². The molecule has 11 nitrogen and oxygen atoms in total. The molecule has 1 N–H and O–H groups in total. The number of hydrogen-bond donors (Lipinski definition) is 1. The Bertz CT molecular complexity index is 1770. The van der Waals surface area contributed by atoms with E-state index in [-0.39, 0.29) is 31.4 Å². The second-order valence-corrected chi connectivity index (χ2v) is 13.2. The molecule has 1 saturated heterocycles. The highest BCUT2D eigenvalue weighted by atomic mass is 32.1. The monoisotopic (exact) mass is 629 g/mol. The first-order valence-electron chi connectivity index (χ1n) is 14.9. The molecule has 234 valence electrons. The number of carbonyl (C=O) groups excluding carboxylic acids is 3. The summed E-state index contributed by atoms with van der Waals surface area (Å²) >= 11 is 1.48. The molecule has 6 rings (SSSR count). The van der Waals surface area contributed by atoms with E-state index in [0.29, 0.717) is 28.2 Å². The standard InChI is InChI=1S/C33H35N5O6S/c1-6-19-17-33(19,30(40)42-7-2)37-27(39)24-16-20(18-38(24)31(41)44-32(3,4)5)43-28-26(34-21-12-8-9-13-22(21)35-28)29-36-23-14-10-11-15-25(23)45-29/h6,8-15,19-20,24H,1,7,16-18H2,2-5H3,(H,37,39). The average molecular weight is 630 g/mol. The quantitative estimate of drug-likeness (QED) is 0.204. The first-order chi connectivity index (χ1) is 21.5. The Kier molecular flexibility index (Phi) is 7.94. The van der Waals surface area contributed by atoms with Crippen LogP contribution in [0.25, 0.3) is 32.0 Å². The van der Waals surface area contributed by atoms with Gasteiger partial charge in [0.25, 0.3) is 0 Å². The Morgan fingerprint density at radius 3 is 2.40 bits per heavy atom. The third-order valence-corrected chi connectivity index (χ3v) is 8.83. The van der Waals surface area contributed by atoms with E-state index in [0.717, 1.165) is 10.2 Å². The lowest BCUT2D eigenvalue weighted by Gasteiger charge is -2.28. The van der Waals surface area contributed by atoms with Crippen molar-refractivity contribution in [1.29, 1.82) is 0 Å². The van der Waals surface area contributed by atoms with Crippen molar-refractivity contribution in [3.05, 3.63) is 61.2 Å². The van der Waals surface area contributed by atoms with Gasteiger partial charge in [-0.3, -0.25) is 9.69 Å². The van der Waals surface area contributed by atoms with Crippen molar-refractivity contribution < 1.29 is 28.6 Å². The van der Waals surface area contributed by atoms with Crippen LogP contribution in [0.5, 0.6) is 5.88 Å². The molecule has 1 saturated carbocycles. The van der Waals surface area contributed by atoms with Crippen LogP contribution < -0.4 is 10.1 Å². The fourth-order valence-corrected chi connectivity index (χ4v) is 6.50. The number of para-hydroxylation sites is 3. The van der Waals surface area contributed by atoms with Crippen LogP contribution in [0.1, 0.15) is 40.5 Å². The Morgan fingerprint density at radius 2 is 1.76 bits per heavy atom. The number of thiazole rings is 1. The molecule has 4 atom stereocenters. The van der Waals surface area contributed by atoms with E-state index >= 15 is 0 Å². The second-order valence-electron chi connectivity index (χ2n) is 12.2. The van der Waals surface area contributed by atoms with Gasteiger partial charge >= 0.3 is 12.1 Å². The van der Waals surface area contributed by atoms with Crippen LogP contribution >= 0.6 is 11.3 Å². The van der Waals surface area contributed by atoms with Crippen LogP contribution in [-0.2, 0) is 19.1 Å².